The lowest BCUT2D eigenvalue weighted by molar-refractivity contribution is -0.135. The molecular formula is C43H52N8O6Si. The van der Waals surface area contributed by atoms with Gasteiger partial charge in [-0.3, -0.25) is 9.59 Å². The second kappa shape index (κ2) is 15.6. The number of ether oxygens (including phenoxy) is 2. The van der Waals surface area contributed by atoms with Crippen molar-refractivity contribution >= 4 is 53.9 Å². The van der Waals surface area contributed by atoms with Crippen LogP contribution in [0.2, 0.25) is 19.1 Å². The molecule has 0 bridgehead atoms. The molecule has 4 amide bonds. The highest BCUT2D eigenvalue weighted by molar-refractivity contribution is 6.78. The van der Waals surface area contributed by atoms with Gasteiger partial charge in [0, 0.05) is 18.1 Å². The first kappa shape index (κ1) is 39.1. The summed E-state index contributed by atoms with van der Waals surface area (Å²) in [7, 11) is 0.845. The van der Waals surface area contributed by atoms with E-state index in [1.807, 2.05) is 29.8 Å². The third-order valence-corrected chi connectivity index (χ3v) is 14.7. The molecular weight excluding hydrogens is 753 g/mol. The maximum absolute atomic E-state index is 14.0. The van der Waals surface area contributed by atoms with Crippen molar-refractivity contribution in [1.29, 1.82) is 0 Å². The normalized spacial score (nSPS) is 20.1. The molecule has 58 heavy (non-hydrogen) atoms. The summed E-state index contributed by atoms with van der Waals surface area (Å²) in [5.41, 5.74) is 5.77. The fraction of sp³-hybridized carbons (Fsp3) is 0.442. The maximum atomic E-state index is 14.0. The molecule has 4 N–H and O–H groups in total. The van der Waals surface area contributed by atoms with Crippen LogP contribution >= 0.6 is 0 Å². The smallest absolute Gasteiger partial charge is 0.407 e. The molecule has 5 aromatic rings. The fourth-order valence-electron chi connectivity index (χ4n) is 8.77. The number of nitrogens with one attached hydrogen (secondary N) is 4. The van der Waals surface area contributed by atoms with Crippen LogP contribution < -0.4 is 10.6 Å². The third kappa shape index (κ3) is 7.66. The van der Waals surface area contributed by atoms with Gasteiger partial charge in [0.2, 0.25) is 11.8 Å². The second-order valence-corrected chi connectivity index (χ2v) is 22.2. The monoisotopic (exact) mass is 804 g/mol. The van der Waals surface area contributed by atoms with Gasteiger partial charge in [0.15, 0.2) is 0 Å². The van der Waals surface area contributed by atoms with Crippen molar-refractivity contribution in [3.63, 3.8) is 0 Å². The molecule has 304 valence electrons. The molecule has 14 nitrogen and oxygen atoms in total. The lowest BCUT2D eigenvalue weighted by Crippen LogP contribution is -2.52. The second-order valence-electron chi connectivity index (χ2n) is 17.1. The number of benzene rings is 3. The van der Waals surface area contributed by atoms with Crippen LogP contribution in [0.3, 0.4) is 0 Å². The molecule has 1 aliphatic carbocycles. The number of aromatic nitrogens is 4. The van der Waals surface area contributed by atoms with E-state index < -0.39 is 32.3 Å². The summed E-state index contributed by atoms with van der Waals surface area (Å²) in [6, 6.07) is 18.1. The molecule has 3 aromatic carbocycles. The zero-order chi connectivity index (χ0) is 40.9. The molecule has 2 saturated heterocycles. The van der Waals surface area contributed by atoms with Crippen LogP contribution in [-0.2, 0) is 19.1 Å². The quantitative estimate of drug-likeness (QED) is 0.108. The summed E-state index contributed by atoms with van der Waals surface area (Å²) < 4.78 is 9.62. The van der Waals surface area contributed by atoms with Gasteiger partial charge < -0.3 is 39.9 Å². The summed E-state index contributed by atoms with van der Waals surface area (Å²) in [4.78, 5) is 72.4. The molecule has 3 aliphatic rings. The lowest BCUT2D eigenvalue weighted by Gasteiger charge is -2.30. The number of rotatable bonds is 10. The number of aromatic amines is 2. The Kier molecular flexibility index (Phi) is 10.5. The predicted octanol–water partition coefficient (Wildman–Crippen LogP) is 7.08. The zero-order valence-corrected chi connectivity index (χ0v) is 34.9. The molecule has 0 spiro atoms. The van der Waals surface area contributed by atoms with Gasteiger partial charge >= 0.3 is 12.2 Å². The first-order chi connectivity index (χ1) is 27.8. The number of amides is 4. The number of carbonyl (C=O) groups excluding carboxylic acids is 4. The average Bonchev–Trinajstić information content (AvgIpc) is 3.56. The molecule has 0 unspecified atom stereocenters. The van der Waals surface area contributed by atoms with Crippen molar-refractivity contribution in [3.8, 4) is 22.4 Å². The van der Waals surface area contributed by atoms with E-state index in [1.54, 1.807) is 0 Å². The molecule has 8 rings (SSSR count). The summed E-state index contributed by atoms with van der Waals surface area (Å²) in [5, 5.41) is 7.60. The number of hydrogen-bond acceptors (Lipinski definition) is 8. The SMILES string of the molecule is COC(=O)N[C@H](C(=O)N1CCC[C@H]1c1ncc(-c2ccc(-c3ccc4c(ccc5[nH]c([C@H]6C[Si](C)(C)CN6C(=O)[C@H](NC(=O)OC)C(C)C)nc54)c3)cc2)[nH]1)C1CC1. The van der Waals surface area contributed by atoms with Crippen LogP contribution in [-0.4, -0.2) is 101 Å². The standard InChI is InChI=1S/C43H52N8O6Si/c1-24(2)35(48-42(54)56-3)40(52)51-23-58(5,6)22-34(51)39-45-31-18-16-29-20-28(15-17-30(29)37(31)47-39)25-9-11-26(12-10-25)32-21-44-38(46-32)33-8-7-19-50(33)41(53)36(27-13-14-27)49-43(55)57-4/h9-12,15-18,20-21,24,27,33-36H,7-8,13-14,19,22-23H2,1-6H3,(H,44,46)(H,45,47)(H,48,54)(H,49,55)/t33-,34+,35+,36-/m0/s1. The number of H-pyrrole nitrogens is 2. The van der Waals surface area contributed by atoms with Gasteiger partial charge in [-0.05, 0) is 77.8 Å². The van der Waals surface area contributed by atoms with Crippen LogP contribution in [0.4, 0.5) is 9.59 Å². The van der Waals surface area contributed by atoms with Crippen LogP contribution in [0.5, 0.6) is 0 Å². The molecule has 15 heteroatoms. The van der Waals surface area contributed by atoms with Gasteiger partial charge in [0.1, 0.15) is 23.7 Å². The number of fused-ring (bicyclic) bond motifs is 3. The minimum Gasteiger partial charge on any atom is -0.453 e. The zero-order valence-electron chi connectivity index (χ0n) is 33.9. The first-order valence-electron chi connectivity index (χ1n) is 20.2. The van der Waals surface area contributed by atoms with Gasteiger partial charge in [-0.2, -0.15) is 0 Å². The summed E-state index contributed by atoms with van der Waals surface area (Å²) in [6.45, 7) is 9.04. The number of nitrogens with zero attached hydrogens (tertiary/aromatic N) is 4. The summed E-state index contributed by atoms with van der Waals surface area (Å²) in [6.07, 6.45) is 4.80. The van der Waals surface area contributed by atoms with Crippen molar-refractivity contribution in [2.24, 2.45) is 11.8 Å². The molecule has 2 aliphatic heterocycles. The Morgan fingerprint density at radius 3 is 2.22 bits per heavy atom. The maximum Gasteiger partial charge on any atom is 0.407 e. The summed E-state index contributed by atoms with van der Waals surface area (Å²) in [5.74, 6) is 1.35. The Morgan fingerprint density at radius 2 is 1.52 bits per heavy atom. The Bertz CT molecular complexity index is 2370. The Hall–Kier alpha value is -5.70. The van der Waals surface area contributed by atoms with Crippen LogP contribution in [0.25, 0.3) is 44.2 Å². The number of carbonyl (C=O) groups is 4. The minimum absolute atomic E-state index is 0.0781. The Morgan fingerprint density at radius 1 is 0.810 bits per heavy atom. The molecule has 3 fully saturated rings. The molecule has 4 atom stereocenters. The highest BCUT2D eigenvalue weighted by atomic mass is 28.3. The summed E-state index contributed by atoms with van der Waals surface area (Å²) >= 11 is 0. The van der Waals surface area contributed by atoms with E-state index in [0.717, 1.165) is 87.6 Å². The highest BCUT2D eigenvalue weighted by Crippen LogP contribution is 2.40. The predicted molar refractivity (Wildman–Crippen MR) is 223 cm³/mol. The number of imidazole rings is 2. The number of methoxy groups -OCH3 is 2. The topological polar surface area (TPSA) is 175 Å². The number of likely N-dealkylation sites (tertiary alicyclic amines) is 1. The molecule has 2 aromatic heterocycles. The van der Waals surface area contributed by atoms with Crippen LogP contribution in [0.15, 0.2) is 60.8 Å². The third-order valence-electron chi connectivity index (χ3n) is 12.0. The Balaban J connectivity index is 0.995. The van der Waals surface area contributed by atoms with Gasteiger partial charge in [-0.15, -0.1) is 0 Å². The highest BCUT2D eigenvalue weighted by Gasteiger charge is 2.46. The van der Waals surface area contributed by atoms with E-state index in [1.165, 1.54) is 14.2 Å². The van der Waals surface area contributed by atoms with Crippen molar-refractivity contribution in [2.45, 2.75) is 82.8 Å². The molecule has 4 heterocycles. The first-order valence-corrected chi connectivity index (χ1v) is 23.6. The van der Waals surface area contributed by atoms with E-state index in [0.29, 0.717) is 12.7 Å². The average molecular weight is 805 g/mol. The van der Waals surface area contributed by atoms with Crippen LogP contribution in [0, 0.1) is 11.8 Å². The lowest BCUT2D eigenvalue weighted by atomic mass is 9.99. The van der Waals surface area contributed by atoms with Gasteiger partial charge in [-0.25, -0.2) is 19.6 Å². The van der Waals surface area contributed by atoms with Crippen molar-refractivity contribution in [3.05, 3.63) is 72.4 Å². The van der Waals surface area contributed by atoms with Crippen molar-refractivity contribution in [1.82, 2.24) is 40.4 Å². The van der Waals surface area contributed by atoms with Gasteiger partial charge in [0.05, 0.1) is 57.3 Å². The number of hydrogen-bond donors (Lipinski definition) is 4. The fourth-order valence-corrected chi connectivity index (χ4v) is 11.7. The van der Waals surface area contributed by atoms with E-state index in [-0.39, 0.29) is 35.7 Å². The van der Waals surface area contributed by atoms with Crippen molar-refractivity contribution < 1.29 is 28.7 Å². The molecule has 0 radical (unpaired) electrons. The Labute approximate surface area is 338 Å². The van der Waals surface area contributed by atoms with E-state index >= 15 is 0 Å². The largest absolute Gasteiger partial charge is 0.453 e. The van der Waals surface area contributed by atoms with E-state index in [9.17, 15) is 19.2 Å². The molecule has 1 saturated carbocycles. The van der Waals surface area contributed by atoms with Crippen LogP contribution in [0.1, 0.15) is 63.3 Å². The van der Waals surface area contributed by atoms with E-state index in [4.69, 9.17) is 19.4 Å². The number of alkyl carbamates (subject to hydrolysis) is 2. The minimum atomic E-state index is -1.77. The van der Waals surface area contributed by atoms with Crippen molar-refractivity contribution in [2.75, 3.05) is 26.9 Å². The van der Waals surface area contributed by atoms with E-state index in [2.05, 4.69) is 88.3 Å². The van der Waals surface area contributed by atoms with Gasteiger partial charge in [0.25, 0.3) is 0 Å². The van der Waals surface area contributed by atoms with Gasteiger partial charge in [-0.1, -0.05) is 69.4 Å².